The summed E-state index contributed by atoms with van der Waals surface area (Å²) in [5.41, 5.74) is 2.24. The number of rotatable bonds is 12. The van der Waals surface area contributed by atoms with Crippen molar-refractivity contribution in [3.8, 4) is 11.5 Å². The maximum absolute atomic E-state index is 11.8. The molecule has 0 radical (unpaired) electrons. The van der Waals surface area contributed by atoms with Crippen LogP contribution in [-0.2, 0) is 16.5 Å². The second-order valence-electron chi connectivity index (χ2n) is 8.20. The number of aliphatic hydroxyl groups excluding tert-OH is 2. The van der Waals surface area contributed by atoms with Crippen LogP contribution in [0.2, 0.25) is 0 Å². The van der Waals surface area contributed by atoms with E-state index < -0.39 is 27.6 Å². The fourth-order valence-corrected chi connectivity index (χ4v) is 4.38. The van der Waals surface area contributed by atoms with E-state index in [0.29, 0.717) is 17.7 Å². The molecule has 0 amide bonds. The molecule has 0 aliphatic heterocycles. The zero-order chi connectivity index (χ0) is 25.3. The summed E-state index contributed by atoms with van der Waals surface area (Å²) in [5, 5.41) is 28.0. The molecule has 0 bridgehead atoms. The first-order valence-corrected chi connectivity index (χ1v) is 12.7. The summed E-state index contributed by atoms with van der Waals surface area (Å²) in [5.74, 6) is 0.641. The molecule has 0 unspecified atom stereocenters. The molecule has 3 atom stereocenters. The molecule has 3 aromatic carbocycles. The van der Waals surface area contributed by atoms with Crippen molar-refractivity contribution < 1.29 is 62.6 Å². The van der Waals surface area contributed by atoms with Crippen LogP contribution in [0.5, 0.6) is 11.5 Å². The third-order valence-corrected chi connectivity index (χ3v) is 6.90. The molecule has 9 heteroatoms. The van der Waals surface area contributed by atoms with Gasteiger partial charge in [0.1, 0.15) is 17.6 Å². The number of ether oxygens (including phenoxy) is 1. The Kier molecular flexibility index (Phi) is 12.1. The predicted molar refractivity (Wildman–Crippen MR) is 132 cm³/mol. The number of aryl methyl sites for hydroxylation is 1. The van der Waals surface area contributed by atoms with E-state index in [4.69, 9.17) is 4.74 Å². The van der Waals surface area contributed by atoms with Gasteiger partial charge in [-0.25, -0.2) is 8.42 Å². The van der Waals surface area contributed by atoms with Gasteiger partial charge < -0.3 is 24.6 Å². The van der Waals surface area contributed by atoms with Crippen LogP contribution >= 0.6 is 0 Å². The van der Waals surface area contributed by atoms with E-state index in [1.165, 1.54) is 24.3 Å². The smallest absolute Gasteiger partial charge is 0.748 e. The summed E-state index contributed by atoms with van der Waals surface area (Å²) in [6.07, 6.45) is 1.95. The Balaban J connectivity index is 0.00000456. The van der Waals surface area contributed by atoms with Gasteiger partial charge in [0.05, 0.1) is 28.1 Å². The SMILES string of the molecule is O=S(=O)([O-])[C@@H](C/C=C/[C@@H](O)c1ccc(O)cc1)CCc1ccc(O[C@@H](CO)c2ccccc2)cc1.[Na+]. The third-order valence-electron chi connectivity index (χ3n) is 5.65. The molecule has 0 saturated heterocycles. The molecular formula is C27H29NaO7S. The number of hydrogen-bond acceptors (Lipinski definition) is 7. The Labute approximate surface area is 234 Å². The van der Waals surface area contributed by atoms with E-state index in [2.05, 4.69) is 0 Å². The van der Waals surface area contributed by atoms with E-state index in [0.717, 1.165) is 11.1 Å². The average Bonchev–Trinajstić information content (AvgIpc) is 2.85. The summed E-state index contributed by atoms with van der Waals surface area (Å²) < 4.78 is 41.1. The minimum absolute atomic E-state index is 0. The van der Waals surface area contributed by atoms with Crippen LogP contribution in [0, 0.1) is 0 Å². The molecule has 3 rings (SSSR count). The first-order valence-electron chi connectivity index (χ1n) is 11.3. The normalized spacial score (nSPS) is 14.1. The number of benzene rings is 3. The molecule has 36 heavy (non-hydrogen) atoms. The maximum atomic E-state index is 11.8. The first-order chi connectivity index (χ1) is 16.8. The van der Waals surface area contributed by atoms with Crippen molar-refractivity contribution in [2.75, 3.05) is 6.61 Å². The molecule has 7 nitrogen and oxygen atoms in total. The number of phenolic OH excluding ortho intramolecular Hbond substituents is 1. The van der Waals surface area contributed by atoms with Gasteiger partial charge in [-0.05, 0) is 60.2 Å². The Morgan fingerprint density at radius 3 is 2.14 bits per heavy atom. The van der Waals surface area contributed by atoms with Gasteiger partial charge in [-0.2, -0.15) is 0 Å². The molecule has 0 heterocycles. The van der Waals surface area contributed by atoms with Crippen molar-refractivity contribution in [3.05, 3.63) is 108 Å². The molecule has 0 aromatic heterocycles. The van der Waals surface area contributed by atoms with Crippen molar-refractivity contribution in [1.82, 2.24) is 0 Å². The number of hydrogen-bond donors (Lipinski definition) is 3. The summed E-state index contributed by atoms with van der Waals surface area (Å²) >= 11 is 0. The molecule has 0 aliphatic rings. The van der Waals surface area contributed by atoms with Crippen LogP contribution in [0.15, 0.2) is 91.0 Å². The number of allylic oxidation sites excluding steroid dienone is 1. The monoisotopic (exact) mass is 520 g/mol. The molecule has 0 fully saturated rings. The zero-order valence-corrected chi connectivity index (χ0v) is 22.9. The van der Waals surface area contributed by atoms with Gasteiger partial charge in [0.25, 0.3) is 0 Å². The fraction of sp³-hybridized carbons (Fsp3) is 0.259. The van der Waals surface area contributed by atoms with Crippen molar-refractivity contribution >= 4 is 10.1 Å². The summed E-state index contributed by atoms with van der Waals surface area (Å²) in [4.78, 5) is 0. The summed E-state index contributed by atoms with van der Waals surface area (Å²) in [7, 11) is -4.53. The van der Waals surface area contributed by atoms with Gasteiger partial charge in [-0.1, -0.05) is 66.7 Å². The molecule has 0 spiro atoms. The van der Waals surface area contributed by atoms with Crippen LogP contribution in [0.4, 0.5) is 0 Å². The third kappa shape index (κ3) is 9.37. The topological polar surface area (TPSA) is 127 Å². The Morgan fingerprint density at radius 2 is 1.56 bits per heavy atom. The molecular weight excluding hydrogens is 491 g/mol. The quantitative estimate of drug-likeness (QED) is 0.185. The van der Waals surface area contributed by atoms with Crippen molar-refractivity contribution in [2.24, 2.45) is 0 Å². The van der Waals surface area contributed by atoms with Crippen molar-refractivity contribution in [2.45, 2.75) is 36.7 Å². The number of phenols is 1. The summed E-state index contributed by atoms with van der Waals surface area (Å²) in [6, 6.07) is 22.5. The van der Waals surface area contributed by atoms with Gasteiger partial charge in [0, 0.05) is 0 Å². The fourth-order valence-electron chi connectivity index (χ4n) is 3.63. The maximum Gasteiger partial charge on any atom is 1.00 e. The molecule has 0 aliphatic carbocycles. The Bertz CT molecular complexity index is 1180. The zero-order valence-electron chi connectivity index (χ0n) is 20.1. The molecule has 3 aromatic rings. The van der Waals surface area contributed by atoms with E-state index in [-0.39, 0.29) is 54.8 Å². The molecule has 186 valence electrons. The molecule has 3 N–H and O–H groups in total. The van der Waals surface area contributed by atoms with Crippen LogP contribution < -0.4 is 34.3 Å². The average molecular weight is 521 g/mol. The van der Waals surface area contributed by atoms with E-state index in [9.17, 15) is 28.3 Å². The van der Waals surface area contributed by atoms with Gasteiger partial charge >= 0.3 is 29.6 Å². The van der Waals surface area contributed by atoms with E-state index >= 15 is 0 Å². The number of aliphatic hydroxyl groups is 2. The van der Waals surface area contributed by atoms with Crippen LogP contribution in [0.3, 0.4) is 0 Å². The first kappa shape index (κ1) is 30.1. The van der Waals surface area contributed by atoms with Gasteiger partial charge in [0.2, 0.25) is 0 Å². The largest absolute Gasteiger partial charge is 1.00 e. The van der Waals surface area contributed by atoms with E-state index in [1.807, 2.05) is 30.3 Å². The van der Waals surface area contributed by atoms with Gasteiger partial charge in [-0.15, -0.1) is 0 Å². The van der Waals surface area contributed by atoms with Gasteiger partial charge in [-0.3, -0.25) is 0 Å². The number of aromatic hydroxyl groups is 1. The second-order valence-corrected chi connectivity index (χ2v) is 9.85. The molecule has 0 saturated carbocycles. The predicted octanol–water partition coefficient (Wildman–Crippen LogP) is 1.03. The van der Waals surface area contributed by atoms with Gasteiger partial charge in [0.15, 0.2) is 0 Å². The van der Waals surface area contributed by atoms with Crippen LogP contribution in [-0.4, -0.2) is 40.1 Å². The Morgan fingerprint density at radius 1 is 0.917 bits per heavy atom. The second kappa shape index (κ2) is 14.5. The van der Waals surface area contributed by atoms with Crippen molar-refractivity contribution in [3.63, 3.8) is 0 Å². The van der Waals surface area contributed by atoms with Crippen LogP contribution in [0.25, 0.3) is 0 Å². The summed E-state index contributed by atoms with van der Waals surface area (Å²) in [6.45, 7) is -0.177. The minimum atomic E-state index is -4.53. The van der Waals surface area contributed by atoms with Crippen molar-refractivity contribution in [1.29, 1.82) is 0 Å². The minimum Gasteiger partial charge on any atom is -0.748 e. The van der Waals surface area contributed by atoms with Crippen LogP contribution in [0.1, 0.15) is 41.7 Å². The Hall–Kier alpha value is -2.17. The van der Waals surface area contributed by atoms with E-state index in [1.54, 1.807) is 36.4 Å². The standard InChI is InChI=1S/C27H30O7S.Na/c28-19-27(22-5-2-1-3-6-22)34-24-16-9-20(10-17-24)11-18-25(35(31,32)33)7-4-8-26(30)21-12-14-23(29)15-13-21;/h1-6,8-10,12-17,25-30H,7,11,18-19H2,(H,31,32,33);/q;+1/p-1/b8-4+;/t25-,26+,27-;/m0./s1.